The largest absolute Gasteiger partial charge is 0.468 e. The summed E-state index contributed by atoms with van der Waals surface area (Å²) < 4.78 is 34.0. The second-order valence-electron chi connectivity index (χ2n) is 7.29. The quantitative estimate of drug-likeness (QED) is 0.644. The molecule has 30 heavy (non-hydrogen) atoms. The van der Waals surface area contributed by atoms with Gasteiger partial charge in [-0.15, -0.1) is 0 Å². The fourth-order valence-electron chi connectivity index (χ4n) is 3.89. The number of methoxy groups -OCH3 is 1. The molecule has 0 unspecified atom stereocenters. The summed E-state index contributed by atoms with van der Waals surface area (Å²) in [7, 11) is 1.31. The lowest BCUT2D eigenvalue weighted by molar-refractivity contribution is -0.141. The molecule has 1 saturated carbocycles. The van der Waals surface area contributed by atoms with Crippen LogP contribution in [0.3, 0.4) is 0 Å². The van der Waals surface area contributed by atoms with E-state index in [4.69, 9.17) is 10.5 Å². The number of halogens is 3. The van der Waals surface area contributed by atoms with Crippen molar-refractivity contribution in [3.8, 4) is 0 Å². The number of nitrogens with two attached hydrogens (primary N) is 1. The van der Waals surface area contributed by atoms with Crippen LogP contribution in [0.25, 0.3) is 11.9 Å². The Morgan fingerprint density at radius 3 is 2.83 bits per heavy atom. The molecule has 0 saturated heterocycles. The van der Waals surface area contributed by atoms with Crippen LogP contribution in [0.4, 0.5) is 8.78 Å². The minimum atomic E-state index is -1.08. The van der Waals surface area contributed by atoms with E-state index in [9.17, 15) is 13.6 Å². The van der Waals surface area contributed by atoms with Crippen LogP contribution in [0.2, 0.25) is 0 Å². The Kier molecular flexibility index (Phi) is 5.17. The van der Waals surface area contributed by atoms with E-state index in [0.29, 0.717) is 16.6 Å². The number of hydrogen-bond acceptors (Lipinski definition) is 7. The molecule has 2 N–H and O–H groups in total. The minimum absolute atomic E-state index is 0.0542. The summed E-state index contributed by atoms with van der Waals surface area (Å²) in [6.45, 7) is 1.73. The molecule has 2 aliphatic rings. The van der Waals surface area contributed by atoms with E-state index in [-0.39, 0.29) is 22.3 Å². The summed E-state index contributed by atoms with van der Waals surface area (Å²) in [5.41, 5.74) is 5.63. The molecule has 1 aromatic heterocycles. The van der Waals surface area contributed by atoms with Crippen LogP contribution in [0.5, 0.6) is 0 Å². The number of rotatable bonds is 4. The first kappa shape index (κ1) is 20.9. The zero-order valence-electron chi connectivity index (χ0n) is 16.0. The number of carbonyl (C=O) groups excluding carboxylic acids is 1. The molecule has 156 valence electrons. The van der Waals surface area contributed by atoms with Gasteiger partial charge >= 0.3 is 5.97 Å². The fourth-order valence-corrected chi connectivity index (χ4v) is 5.49. The number of nitrogens with zero attached hydrogens (tertiary/aromatic N) is 3. The molecule has 2 aromatic rings. The van der Waals surface area contributed by atoms with E-state index >= 15 is 0 Å². The van der Waals surface area contributed by atoms with E-state index in [0.717, 1.165) is 11.8 Å². The predicted octanol–water partition coefficient (Wildman–Crippen LogP) is 4.05. The zero-order chi connectivity index (χ0) is 21.7. The van der Waals surface area contributed by atoms with Gasteiger partial charge < -0.3 is 10.5 Å². The predicted molar refractivity (Wildman–Crippen MR) is 115 cm³/mol. The SMILES string of the molecule is COC(=O)[C@]12C[C@H]1[C@@](C)(c1cc(/C=C(\F)c3cnc(Br)cn3)ccc1F)N=C(N)S2. The number of esters is 1. The van der Waals surface area contributed by atoms with Crippen LogP contribution < -0.4 is 5.73 Å². The molecular formula is C20H17BrF2N4O2S. The number of amidine groups is 1. The van der Waals surface area contributed by atoms with E-state index < -0.39 is 27.9 Å². The highest BCUT2D eigenvalue weighted by molar-refractivity contribution is 9.10. The molecule has 1 aromatic carbocycles. The summed E-state index contributed by atoms with van der Waals surface area (Å²) in [5, 5.41) is 0.188. The van der Waals surface area contributed by atoms with Gasteiger partial charge in [-0.2, -0.15) is 0 Å². The van der Waals surface area contributed by atoms with Crippen molar-refractivity contribution in [1.29, 1.82) is 0 Å². The average Bonchev–Trinajstić information content (AvgIpc) is 3.45. The molecule has 0 radical (unpaired) electrons. The molecule has 0 bridgehead atoms. The van der Waals surface area contributed by atoms with Crippen molar-refractivity contribution in [1.82, 2.24) is 9.97 Å². The topological polar surface area (TPSA) is 90.5 Å². The van der Waals surface area contributed by atoms with Gasteiger partial charge in [-0.05, 0) is 53.0 Å². The maximum absolute atomic E-state index is 14.9. The van der Waals surface area contributed by atoms with Gasteiger partial charge in [0.15, 0.2) is 11.0 Å². The van der Waals surface area contributed by atoms with Gasteiger partial charge in [0, 0.05) is 11.5 Å². The lowest BCUT2D eigenvalue weighted by Gasteiger charge is -2.33. The van der Waals surface area contributed by atoms with Gasteiger partial charge in [0.2, 0.25) is 0 Å². The lowest BCUT2D eigenvalue weighted by atomic mass is 9.84. The summed E-state index contributed by atoms with van der Waals surface area (Å²) in [6.07, 6.45) is 4.39. The molecular weight excluding hydrogens is 478 g/mol. The van der Waals surface area contributed by atoms with E-state index in [2.05, 4.69) is 30.9 Å². The van der Waals surface area contributed by atoms with Gasteiger partial charge in [-0.25, -0.2) is 18.7 Å². The molecule has 10 heteroatoms. The minimum Gasteiger partial charge on any atom is -0.468 e. The second kappa shape index (κ2) is 7.42. The van der Waals surface area contributed by atoms with Crippen LogP contribution in [-0.4, -0.2) is 33.0 Å². The standard InChI is InChI=1S/C20H17BrF2N4O2S/c1-19(15-7-20(15,17(28)29-2)30-18(24)27-19)11-5-10(3-4-12(11)22)6-13(23)14-8-26-16(21)9-25-14/h3-6,8-9,15H,7H2,1-2H3,(H2,24,27)/b13-6-/t15-,19+,20-/m0/s1. The van der Waals surface area contributed by atoms with Gasteiger partial charge in [0.05, 0.1) is 25.0 Å². The van der Waals surface area contributed by atoms with Gasteiger partial charge in [-0.3, -0.25) is 9.79 Å². The Bertz CT molecular complexity index is 1090. The van der Waals surface area contributed by atoms with Crippen molar-refractivity contribution in [3.05, 3.63) is 57.8 Å². The van der Waals surface area contributed by atoms with Crippen LogP contribution in [-0.2, 0) is 15.1 Å². The number of aromatic nitrogens is 2. The second-order valence-corrected chi connectivity index (χ2v) is 9.46. The third kappa shape index (κ3) is 3.41. The van der Waals surface area contributed by atoms with Crippen LogP contribution >= 0.6 is 27.7 Å². The Balaban J connectivity index is 1.73. The van der Waals surface area contributed by atoms with Gasteiger partial charge in [0.25, 0.3) is 0 Å². The summed E-state index contributed by atoms with van der Waals surface area (Å²) in [6, 6.07) is 4.23. The van der Waals surface area contributed by atoms with Crippen molar-refractivity contribution >= 4 is 50.7 Å². The number of fused-ring (bicyclic) bond motifs is 1. The fraction of sp³-hybridized carbons (Fsp3) is 0.300. The van der Waals surface area contributed by atoms with E-state index in [1.54, 1.807) is 6.92 Å². The number of carbonyl (C=O) groups is 1. The molecule has 0 spiro atoms. The van der Waals surface area contributed by atoms with Crippen molar-refractivity contribution < 1.29 is 18.3 Å². The smallest absolute Gasteiger partial charge is 0.322 e. The van der Waals surface area contributed by atoms with E-state index in [1.165, 1.54) is 43.8 Å². The first-order valence-corrected chi connectivity index (χ1v) is 10.6. The average molecular weight is 495 g/mol. The first-order valence-electron chi connectivity index (χ1n) is 8.97. The van der Waals surface area contributed by atoms with Crippen LogP contribution in [0.1, 0.15) is 30.2 Å². The Morgan fingerprint density at radius 1 is 1.40 bits per heavy atom. The monoisotopic (exact) mass is 494 g/mol. The van der Waals surface area contributed by atoms with Crippen LogP contribution in [0.15, 0.2) is 40.2 Å². The zero-order valence-corrected chi connectivity index (χ0v) is 18.4. The summed E-state index contributed by atoms with van der Waals surface area (Å²) in [4.78, 5) is 24.8. The van der Waals surface area contributed by atoms with Crippen molar-refractivity contribution in [2.75, 3.05) is 7.11 Å². The molecule has 3 atom stereocenters. The summed E-state index contributed by atoms with van der Waals surface area (Å²) in [5.74, 6) is -1.81. The normalized spacial score (nSPS) is 27.8. The third-order valence-electron chi connectivity index (χ3n) is 5.44. The molecule has 4 rings (SSSR count). The Labute approximate surface area is 184 Å². The van der Waals surface area contributed by atoms with Crippen LogP contribution in [0, 0.1) is 11.7 Å². The molecule has 0 amide bonds. The summed E-state index contributed by atoms with van der Waals surface area (Å²) >= 11 is 4.30. The number of thioether (sulfide) groups is 1. The highest BCUT2D eigenvalue weighted by Crippen LogP contribution is 2.66. The highest BCUT2D eigenvalue weighted by Gasteiger charge is 2.71. The first-order chi connectivity index (χ1) is 14.2. The van der Waals surface area contributed by atoms with Crippen molar-refractivity contribution in [3.63, 3.8) is 0 Å². The maximum atomic E-state index is 14.9. The Hall–Kier alpha value is -2.33. The number of hydrogen-bond donors (Lipinski definition) is 1. The highest BCUT2D eigenvalue weighted by atomic mass is 79.9. The Morgan fingerprint density at radius 2 is 2.17 bits per heavy atom. The molecule has 1 aliphatic heterocycles. The number of ether oxygens (including phenoxy) is 1. The third-order valence-corrected chi connectivity index (χ3v) is 7.13. The lowest BCUT2D eigenvalue weighted by Crippen LogP contribution is -2.39. The number of aliphatic imine (C=N–C) groups is 1. The molecule has 1 aliphatic carbocycles. The van der Waals surface area contributed by atoms with Crippen molar-refractivity contribution in [2.45, 2.75) is 23.6 Å². The molecule has 6 nitrogen and oxygen atoms in total. The molecule has 2 heterocycles. The van der Waals surface area contributed by atoms with Gasteiger partial charge in [0.1, 0.15) is 20.9 Å². The maximum Gasteiger partial charge on any atom is 0.322 e. The van der Waals surface area contributed by atoms with Gasteiger partial charge in [-0.1, -0.05) is 17.8 Å². The number of benzene rings is 1. The molecule has 1 fully saturated rings. The van der Waals surface area contributed by atoms with Crippen molar-refractivity contribution in [2.24, 2.45) is 16.6 Å². The van der Waals surface area contributed by atoms with E-state index in [1.807, 2.05) is 0 Å².